The molecule has 5 nitrogen and oxygen atoms in total. The summed E-state index contributed by atoms with van der Waals surface area (Å²) >= 11 is 0. The van der Waals surface area contributed by atoms with Crippen LogP contribution in [0.1, 0.15) is 11.1 Å². The van der Waals surface area contributed by atoms with Crippen molar-refractivity contribution < 1.29 is 14.3 Å². The van der Waals surface area contributed by atoms with Crippen LogP contribution in [0.2, 0.25) is 0 Å². The number of benzene rings is 2. The van der Waals surface area contributed by atoms with Gasteiger partial charge in [0.05, 0.1) is 14.2 Å². The Morgan fingerprint density at radius 3 is 2.52 bits per heavy atom. The van der Waals surface area contributed by atoms with Crippen molar-refractivity contribution in [1.82, 2.24) is 5.32 Å². The van der Waals surface area contributed by atoms with Crippen LogP contribution < -0.4 is 20.1 Å². The molecule has 0 aliphatic heterocycles. The lowest BCUT2D eigenvalue weighted by molar-refractivity contribution is 0.252. The quantitative estimate of drug-likeness (QED) is 0.859. The van der Waals surface area contributed by atoms with Crippen molar-refractivity contribution in [3.63, 3.8) is 0 Å². The van der Waals surface area contributed by atoms with Gasteiger partial charge >= 0.3 is 6.03 Å². The fourth-order valence-corrected chi connectivity index (χ4v) is 2.34. The maximum atomic E-state index is 12.0. The van der Waals surface area contributed by atoms with Gasteiger partial charge in [-0.1, -0.05) is 30.3 Å². The van der Waals surface area contributed by atoms with Gasteiger partial charge < -0.3 is 20.1 Å². The van der Waals surface area contributed by atoms with E-state index in [9.17, 15) is 4.79 Å². The molecule has 0 saturated heterocycles. The Labute approximate surface area is 136 Å². The zero-order valence-corrected chi connectivity index (χ0v) is 13.7. The average Bonchev–Trinajstić information content (AvgIpc) is 2.56. The molecule has 5 heteroatoms. The Hall–Kier alpha value is -2.69. The SMILES string of the molecule is COc1cccc(CCNC(=O)Nc2ccccc2C)c1OC. The molecule has 0 bridgehead atoms. The third-order valence-electron chi connectivity index (χ3n) is 3.56. The van der Waals surface area contributed by atoms with Crippen molar-refractivity contribution in [3.05, 3.63) is 53.6 Å². The highest BCUT2D eigenvalue weighted by Crippen LogP contribution is 2.30. The summed E-state index contributed by atoms with van der Waals surface area (Å²) in [6.07, 6.45) is 0.654. The number of carbonyl (C=O) groups is 1. The van der Waals surface area contributed by atoms with Crippen molar-refractivity contribution in [2.45, 2.75) is 13.3 Å². The lowest BCUT2D eigenvalue weighted by Crippen LogP contribution is -2.30. The number of nitrogens with one attached hydrogen (secondary N) is 2. The highest BCUT2D eigenvalue weighted by Gasteiger charge is 2.10. The summed E-state index contributed by atoms with van der Waals surface area (Å²) in [5.74, 6) is 1.39. The topological polar surface area (TPSA) is 59.6 Å². The Morgan fingerprint density at radius 2 is 1.83 bits per heavy atom. The number of amides is 2. The Balaban J connectivity index is 1.90. The molecule has 0 unspecified atom stereocenters. The molecule has 0 spiro atoms. The molecular formula is C18H22N2O3. The molecule has 122 valence electrons. The van der Waals surface area contributed by atoms with E-state index in [0.29, 0.717) is 24.5 Å². The van der Waals surface area contributed by atoms with Gasteiger partial charge in [0, 0.05) is 12.2 Å². The van der Waals surface area contributed by atoms with E-state index in [0.717, 1.165) is 16.8 Å². The number of rotatable bonds is 6. The summed E-state index contributed by atoms with van der Waals surface area (Å²) in [4.78, 5) is 12.0. The monoisotopic (exact) mass is 314 g/mol. The number of anilines is 1. The van der Waals surface area contributed by atoms with Gasteiger partial charge in [0.15, 0.2) is 11.5 Å². The van der Waals surface area contributed by atoms with Crippen LogP contribution in [0, 0.1) is 6.92 Å². The highest BCUT2D eigenvalue weighted by atomic mass is 16.5. The van der Waals surface area contributed by atoms with Gasteiger partial charge in [-0.2, -0.15) is 0 Å². The Morgan fingerprint density at radius 1 is 1.04 bits per heavy atom. The van der Waals surface area contributed by atoms with E-state index in [4.69, 9.17) is 9.47 Å². The van der Waals surface area contributed by atoms with E-state index in [1.54, 1.807) is 14.2 Å². The van der Waals surface area contributed by atoms with E-state index in [1.165, 1.54) is 0 Å². The molecule has 0 saturated carbocycles. The first-order valence-electron chi connectivity index (χ1n) is 7.46. The zero-order valence-electron chi connectivity index (χ0n) is 13.7. The average molecular weight is 314 g/mol. The third-order valence-corrected chi connectivity index (χ3v) is 3.56. The van der Waals surface area contributed by atoms with Crippen LogP contribution >= 0.6 is 0 Å². The first-order chi connectivity index (χ1) is 11.2. The summed E-state index contributed by atoms with van der Waals surface area (Å²) < 4.78 is 10.7. The molecule has 2 amide bonds. The van der Waals surface area contributed by atoms with Crippen molar-refractivity contribution >= 4 is 11.7 Å². The van der Waals surface area contributed by atoms with Gasteiger partial charge in [-0.05, 0) is 36.6 Å². The lowest BCUT2D eigenvalue weighted by atomic mass is 10.1. The fraction of sp³-hybridized carbons (Fsp3) is 0.278. The van der Waals surface area contributed by atoms with E-state index in [2.05, 4.69) is 10.6 Å². The van der Waals surface area contributed by atoms with Crippen LogP contribution in [0.4, 0.5) is 10.5 Å². The second kappa shape index (κ2) is 8.08. The predicted molar refractivity (Wildman–Crippen MR) is 91.5 cm³/mol. The van der Waals surface area contributed by atoms with Gasteiger partial charge in [0.1, 0.15) is 0 Å². The number of aryl methyl sites for hydroxylation is 1. The first-order valence-corrected chi connectivity index (χ1v) is 7.46. The van der Waals surface area contributed by atoms with E-state index < -0.39 is 0 Å². The summed E-state index contributed by atoms with van der Waals surface area (Å²) in [5.41, 5.74) is 2.82. The molecule has 2 N–H and O–H groups in total. The first kappa shape index (κ1) is 16.7. The fourth-order valence-electron chi connectivity index (χ4n) is 2.34. The number of methoxy groups -OCH3 is 2. The number of para-hydroxylation sites is 2. The van der Waals surface area contributed by atoms with E-state index in [-0.39, 0.29) is 6.03 Å². The van der Waals surface area contributed by atoms with Crippen LogP contribution in [0.25, 0.3) is 0 Å². The maximum Gasteiger partial charge on any atom is 0.319 e. The standard InChI is InChI=1S/C18H22N2O3/c1-13-7-4-5-9-15(13)20-18(21)19-12-11-14-8-6-10-16(22-2)17(14)23-3/h4-10H,11-12H2,1-3H3,(H2,19,20,21). The third kappa shape index (κ3) is 4.39. The molecule has 0 aromatic heterocycles. The summed E-state index contributed by atoms with van der Waals surface area (Å²) in [6.45, 7) is 2.46. The summed E-state index contributed by atoms with van der Waals surface area (Å²) in [7, 11) is 3.22. The van der Waals surface area contributed by atoms with E-state index >= 15 is 0 Å². The van der Waals surface area contributed by atoms with Crippen molar-refractivity contribution in [1.29, 1.82) is 0 Å². The minimum Gasteiger partial charge on any atom is -0.493 e. The summed E-state index contributed by atoms with van der Waals surface area (Å²) in [6, 6.07) is 13.2. The predicted octanol–water partition coefficient (Wildman–Crippen LogP) is 3.38. The van der Waals surface area contributed by atoms with Crippen LogP contribution in [0.15, 0.2) is 42.5 Å². The molecule has 2 aromatic carbocycles. The normalized spacial score (nSPS) is 10.0. The van der Waals surface area contributed by atoms with Gasteiger partial charge in [-0.3, -0.25) is 0 Å². The maximum absolute atomic E-state index is 12.0. The Kier molecular flexibility index (Phi) is 5.86. The number of ether oxygens (including phenoxy) is 2. The molecule has 0 aliphatic carbocycles. The molecule has 0 aliphatic rings. The van der Waals surface area contributed by atoms with Gasteiger partial charge in [0.25, 0.3) is 0 Å². The number of hydrogen-bond donors (Lipinski definition) is 2. The van der Waals surface area contributed by atoms with Crippen molar-refractivity contribution in [2.75, 3.05) is 26.1 Å². The van der Waals surface area contributed by atoms with E-state index in [1.807, 2.05) is 49.4 Å². The molecule has 2 rings (SSSR count). The highest BCUT2D eigenvalue weighted by molar-refractivity contribution is 5.90. The smallest absolute Gasteiger partial charge is 0.319 e. The minimum atomic E-state index is -0.221. The molecule has 23 heavy (non-hydrogen) atoms. The van der Waals surface area contributed by atoms with Crippen molar-refractivity contribution in [3.8, 4) is 11.5 Å². The lowest BCUT2D eigenvalue weighted by Gasteiger charge is -2.13. The number of hydrogen-bond acceptors (Lipinski definition) is 3. The van der Waals surface area contributed by atoms with Crippen LogP contribution in [-0.2, 0) is 6.42 Å². The van der Waals surface area contributed by atoms with Gasteiger partial charge in [0.2, 0.25) is 0 Å². The van der Waals surface area contributed by atoms with Crippen LogP contribution in [0.3, 0.4) is 0 Å². The van der Waals surface area contributed by atoms with Crippen molar-refractivity contribution in [2.24, 2.45) is 0 Å². The van der Waals surface area contributed by atoms with Crippen LogP contribution in [0.5, 0.6) is 11.5 Å². The molecule has 0 atom stereocenters. The number of carbonyl (C=O) groups excluding carboxylic acids is 1. The second-order valence-corrected chi connectivity index (χ2v) is 5.10. The zero-order chi connectivity index (χ0) is 16.7. The second-order valence-electron chi connectivity index (χ2n) is 5.10. The molecule has 0 radical (unpaired) electrons. The molecular weight excluding hydrogens is 292 g/mol. The molecule has 2 aromatic rings. The largest absolute Gasteiger partial charge is 0.493 e. The summed E-state index contributed by atoms with van der Waals surface area (Å²) in [5, 5.41) is 5.69. The number of urea groups is 1. The van der Waals surface area contributed by atoms with Gasteiger partial charge in [-0.25, -0.2) is 4.79 Å². The molecule has 0 fully saturated rings. The van der Waals surface area contributed by atoms with Gasteiger partial charge in [-0.15, -0.1) is 0 Å². The minimum absolute atomic E-state index is 0.221. The van der Waals surface area contributed by atoms with Crippen LogP contribution in [-0.4, -0.2) is 26.8 Å². The Bertz CT molecular complexity index is 671. The molecule has 0 heterocycles.